The fourth-order valence-electron chi connectivity index (χ4n) is 2.17. The molecule has 150 valence electrons. The van der Waals surface area contributed by atoms with Crippen LogP contribution in [-0.4, -0.2) is 46.5 Å². The SMILES string of the molecule is CCOc1cc(CNC(=NC)NCCOCCC(C)C)ccc1OC.I. The zero-order chi connectivity index (χ0) is 18.5. The molecule has 6 nitrogen and oxygen atoms in total. The molecule has 1 aromatic rings. The molecule has 26 heavy (non-hydrogen) atoms. The summed E-state index contributed by atoms with van der Waals surface area (Å²) >= 11 is 0. The molecule has 0 aliphatic carbocycles. The van der Waals surface area contributed by atoms with Crippen LogP contribution in [0.1, 0.15) is 32.8 Å². The van der Waals surface area contributed by atoms with Crippen LogP contribution in [0.15, 0.2) is 23.2 Å². The van der Waals surface area contributed by atoms with E-state index in [0.29, 0.717) is 25.7 Å². The normalized spacial score (nSPS) is 11.1. The number of aliphatic imine (C=N–C) groups is 1. The second kappa shape index (κ2) is 14.9. The van der Waals surface area contributed by atoms with E-state index in [4.69, 9.17) is 14.2 Å². The lowest BCUT2D eigenvalue weighted by molar-refractivity contribution is 0.128. The summed E-state index contributed by atoms with van der Waals surface area (Å²) in [5.74, 6) is 2.92. The molecule has 0 unspecified atom stereocenters. The summed E-state index contributed by atoms with van der Waals surface area (Å²) in [6.07, 6.45) is 1.09. The highest BCUT2D eigenvalue weighted by atomic mass is 127. The van der Waals surface area contributed by atoms with Gasteiger partial charge in [-0.2, -0.15) is 0 Å². The van der Waals surface area contributed by atoms with E-state index in [0.717, 1.165) is 42.6 Å². The zero-order valence-electron chi connectivity index (χ0n) is 16.6. The van der Waals surface area contributed by atoms with E-state index in [-0.39, 0.29) is 24.0 Å². The Morgan fingerprint density at radius 1 is 1.15 bits per heavy atom. The summed E-state index contributed by atoms with van der Waals surface area (Å²) < 4.78 is 16.5. The van der Waals surface area contributed by atoms with E-state index in [2.05, 4.69) is 29.5 Å². The predicted molar refractivity (Wildman–Crippen MR) is 118 cm³/mol. The van der Waals surface area contributed by atoms with Gasteiger partial charge >= 0.3 is 0 Å². The van der Waals surface area contributed by atoms with Gasteiger partial charge in [-0.25, -0.2) is 0 Å². The summed E-state index contributed by atoms with van der Waals surface area (Å²) in [6, 6.07) is 5.91. The molecule has 1 aromatic carbocycles. The lowest BCUT2D eigenvalue weighted by Gasteiger charge is -2.14. The largest absolute Gasteiger partial charge is 0.493 e. The average molecular weight is 479 g/mol. The molecule has 1 rings (SSSR count). The highest BCUT2D eigenvalue weighted by Gasteiger charge is 2.06. The zero-order valence-corrected chi connectivity index (χ0v) is 19.0. The highest BCUT2D eigenvalue weighted by Crippen LogP contribution is 2.27. The Balaban J connectivity index is 0.00000625. The summed E-state index contributed by atoms with van der Waals surface area (Å²) in [4.78, 5) is 4.22. The molecule has 0 bridgehead atoms. The Labute approximate surface area is 175 Å². The summed E-state index contributed by atoms with van der Waals surface area (Å²) in [5, 5.41) is 6.54. The van der Waals surface area contributed by atoms with Gasteiger partial charge in [0.1, 0.15) is 0 Å². The number of nitrogens with one attached hydrogen (secondary N) is 2. The first-order valence-electron chi connectivity index (χ1n) is 8.92. The van der Waals surface area contributed by atoms with Crippen molar-refractivity contribution in [3.8, 4) is 11.5 Å². The number of guanidine groups is 1. The van der Waals surface area contributed by atoms with Gasteiger partial charge in [0, 0.05) is 26.7 Å². The van der Waals surface area contributed by atoms with Crippen LogP contribution in [0.3, 0.4) is 0 Å². The smallest absolute Gasteiger partial charge is 0.191 e. The molecular weight excluding hydrogens is 445 g/mol. The third-order valence-corrected chi connectivity index (χ3v) is 3.59. The molecular formula is C19H34IN3O3. The van der Waals surface area contributed by atoms with E-state index in [1.54, 1.807) is 14.2 Å². The predicted octanol–water partition coefficient (Wildman–Crippen LogP) is 3.44. The van der Waals surface area contributed by atoms with E-state index in [1.807, 2.05) is 25.1 Å². The number of hydrogen-bond acceptors (Lipinski definition) is 4. The molecule has 2 N–H and O–H groups in total. The standard InChI is InChI=1S/C19H33N3O3.HI/c1-6-25-18-13-16(7-8-17(18)23-5)14-22-19(20-4)21-10-12-24-11-9-15(2)3;/h7-8,13,15H,6,9-12,14H2,1-5H3,(H2,20,21,22);1H. The third-order valence-electron chi connectivity index (χ3n) is 3.59. The molecule has 0 radical (unpaired) electrons. The fourth-order valence-corrected chi connectivity index (χ4v) is 2.17. The van der Waals surface area contributed by atoms with Crippen molar-refractivity contribution in [3.63, 3.8) is 0 Å². The average Bonchev–Trinajstić information content (AvgIpc) is 2.60. The van der Waals surface area contributed by atoms with E-state index >= 15 is 0 Å². The van der Waals surface area contributed by atoms with Crippen molar-refractivity contribution in [2.24, 2.45) is 10.9 Å². The summed E-state index contributed by atoms with van der Waals surface area (Å²) in [7, 11) is 3.40. The van der Waals surface area contributed by atoms with Crippen molar-refractivity contribution < 1.29 is 14.2 Å². The van der Waals surface area contributed by atoms with Crippen LogP contribution in [0, 0.1) is 5.92 Å². The van der Waals surface area contributed by atoms with Crippen LogP contribution >= 0.6 is 24.0 Å². The van der Waals surface area contributed by atoms with Gasteiger partial charge in [-0.1, -0.05) is 19.9 Å². The Morgan fingerprint density at radius 2 is 1.92 bits per heavy atom. The minimum atomic E-state index is 0. The molecule has 0 heterocycles. The molecule has 0 aromatic heterocycles. The molecule has 0 aliphatic rings. The molecule has 7 heteroatoms. The number of methoxy groups -OCH3 is 1. The minimum Gasteiger partial charge on any atom is -0.493 e. The van der Waals surface area contributed by atoms with Crippen LogP contribution in [0.5, 0.6) is 11.5 Å². The van der Waals surface area contributed by atoms with E-state index < -0.39 is 0 Å². The summed E-state index contributed by atoms with van der Waals surface area (Å²) in [5.41, 5.74) is 1.10. The van der Waals surface area contributed by atoms with Gasteiger partial charge in [-0.15, -0.1) is 24.0 Å². The number of hydrogen-bond donors (Lipinski definition) is 2. The second-order valence-electron chi connectivity index (χ2n) is 6.07. The molecule has 0 atom stereocenters. The Hall–Kier alpha value is -1.22. The fraction of sp³-hybridized carbons (Fsp3) is 0.632. The monoisotopic (exact) mass is 479 g/mol. The van der Waals surface area contributed by atoms with E-state index in [1.165, 1.54) is 0 Å². The van der Waals surface area contributed by atoms with Gasteiger partial charge in [0.15, 0.2) is 17.5 Å². The van der Waals surface area contributed by atoms with E-state index in [9.17, 15) is 0 Å². The number of ether oxygens (including phenoxy) is 3. The maximum Gasteiger partial charge on any atom is 0.191 e. The molecule has 0 spiro atoms. The molecule has 0 fully saturated rings. The van der Waals surface area contributed by atoms with Gasteiger partial charge in [-0.3, -0.25) is 4.99 Å². The first-order valence-corrected chi connectivity index (χ1v) is 8.92. The van der Waals surface area contributed by atoms with Crippen molar-refractivity contribution in [1.29, 1.82) is 0 Å². The van der Waals surface area contributed by atoms with Gasteiger partial charge in [0.05, 0.1) is 20.3 Å². The first kappa shape index (κ1) is 24.8. The molecule has 0 amide bonds. The maximum atomic E-state index is 5.61. The van der Waals surface area contributed by atoms with Gasteiger partial charge in [0.2, 0.25) is 0 Å². The van der Waals surface area contributed by atoms with Gasteiger partial charge in [-0.05, 0) is 37.0 Å². The van der Waals surface area contributed by atoms with Crippen molar-refractivity contribution in [2.45, 2.75) is 33.7 Å². The Kier molecular flexibility index (Phi) is 14.2. The van der Waals surface area contributed by atoms with Crippen LogP contribution in [0.25, 0.3) is 0 Å². The number of nitrogens with zero attached hydrogens (tertiary/aromatic N) is 1. The number of rotatable bonds is 11. The number of halogens is 1. The van der Waals surface area contributed by atoms with Crippen molar-refractivity contribution >= 4 is 29.9 Å². The Morgan fingerprint density at radius 3 is 2.54 bits per heavy atom. The van der Waals surface area contributed by atoms with Crippen LogP contribution in [0.4, 0.5) is 0 Å². The molecule has 0 saturated heterocycles. The highest BCUT2D eigenvalue weighted by molar-refractivity contribution is 14.0. The van der Waals surface area contributed by atoms with Gasteiger partial charge < -0.3 is 24.8 Å². The molecule has 0 saturated carbocycles. The maximum absolute atomic E-state index is 5.61. The third kappa shape index (κ3) is 10.1. The molecule has 0 aliphatic heterocycles. The van der Waals surface area contributed by atoms with Crippen molar-refractivity contribution in [3.05, 3.63) is 23.8 Å². The Bertz CT molecular complexity index is 525. The van der Waals surface area contributed by atoms with Crippen LogP contribution in [-0.2, 0) is 11.3 Å². The summed E-state index contributed by atoms with van der Waals surface area (Å²) in [6.45, 7) is 9.81. The quantitative estimate of drug-likeness (QED) is 0.220. The van der Waals surface area contributed by atoms with Gasteiger partial charge in [0.25, 0.3) is 0 Å². The topological polar surface area (TPSA) is 64.1 Å². The first-order chi connectivity index (χ1) is 12.1. The van der Waals surface area contributed by atoms with Crippen molar-refractivity contribution in [1.82, 2.24) is 10.6 Å². The number of benzene rings is 1. The minimum absolute atomic E-state index is 0. The van der Waals surface area contributed by atoms with Crippen LogP contribution in [0.2, 0.25) is 0 Å². The lowest BCUT2D eigenvalue weighted by Crippen LogP contribution is -2.38. The van der Waals surface area contributed by atoms with Crippen LogP contribution < -0.4 is 20.1 Å². The second-order valence-corrected chi connectivity index (χ2v) is 6.07. The van der Waals surface area contributed by atoms with Crippen molar-refractivity contribution in [2.75, 3.05) is 40.5 Å². The lowest BCUT2D eigenvalue weighted by atomic mass is 10.1.